The number of carbonyl (C=O) groups excluding carboxylic acids is 2. The first kappa shape index (κ1) is 16.8. The summed E-state index contributed by atoms with van der Waals surface area (Å²) in [5, 5.41) is 0.444. The van der Waals surface area contributed by atoms with Gasteiger partial charge in [0.25, 0.3) is 0 Å². The molecule has 2 rings (SSSR count). The summed E-state index contributed by atoms with van der Waals surface area (Å²) in [4.78, 5) is 24.1. The lowest BCUT2D eigenvalue weighted by molar-refractivity contribution is 0.0471. The average molecular weight is 335 g/mol. The lowest BCUT2D eigenvalue weighted by Gasteiger charge is -2.10. The molecule has 0 atom stereocenters. The van der Waals surface area contributed by atoms with Crippen molar-refractivity contribution in [2.24, 2.45) is 0 Å². The summed E-state index contributed by atoms with van der Waals surface area (Å²) >= 11 is 5.83. The summed E-state index contributed by atoms with van der Waals surface area (Å²) in [6.45, 7) is -0.381. The van der Waals surface area contributed by atoms with E-state index in [1.54, 1.807) is 30.3 Å². The van der Waals surface area contributed by atoms with E-state index < -0.39 is 5.97 Å². The van der Waals surface area contributed by atoms with Gasteiger partial charge < -0.3 is 14.2 Å². The molecule has 23 heavy (non-hydrogen) atoms. The van der Waals surface area contributed by atoms with Crippen LogP contribution in [0.5, 0.6) is 11.5 Å². The van der Waals surface area contributed by atoms with E-state index in [0.29, 0.717) is 22.1 Å². The molecule has 0 radical (unpaired) electrons. The van der Waals surface area contributed by atoms with Crippen LogP contribution >= 0.6 is 11.6 Å². The Bertz CT molecular complexity index is 727. The summed E-state index contributed by atoms with van der Waals surface area (Å²) in [6.07, 6.45) is 0. The van der Waals surface area contributed by atoms with Crippen molar-refractivity contribution < 1.29 is 23.8 Å². The predicted molar refractivity (Wildman–Crippen MR) is 85.6 cm³/mol. The monoisotopic (exact) mass is 334 g/mol. The Morgan fingerprint density at radius 3 is 2.48 bits per heavy atom. The van der Waals surface area contributed by atoms with Crippen molar-refractivity contribution in [3.63, 3.8) is 0 Å². The second-order valence-corrected chi connectivity index (χ2v) is 5.01. The van der Waals surface area contributed by atoms with Gasteiger partial charge in [0, 0.05) is 16.7 Å². The van der Waals surface area contributed by atoms with E-state index in [4.69, 9.17) is 25.8 Å². The zero-order valence-electron chi connectivity index (χ0n) is 12.7. The molecule has 0 bridgehead atoms. The molecule has 0 heterocycles. The maximum absolute atomic E-state index is 12.1. The normalized spacial score (nSPS) is 10.0. The lowest BCUT2D eigenvalue weighted by Crippen LogP contribution is -2.15. The van der Waals surface area contributed by atoms with Gasteiger partial charge in [0.1, 0.15) is 17.1 Å². The van der Waals surface area contributed by atoms with E-state index >= 15 is 0 Å². The maximum atomic E-state index is 12.1. The molecule has 2 aromatic rings. The predicted octanol–water partition coefficient (Wildman–Crippen LogP) is 3.40. The van der Waals surface area contributed by atoms with Crippen molar-refractivity contribution >= 4 is 23.4 Å². The zero-order chi connectivity index (χ0) is 16.8. The molecular weight excluding hydrogens is 320 g/mol. The molecule has 0 unspecified atom stereocenters. The highest BCUT2D eigenvalue weighted by molar-refractivity contribution is 6.31. The maximum Gasteiger partial charge on any atom is 0.342 e. The van der Waals surface area contributed by atoms with Gasteiger partial charge in [-0.15, -0.1) is 0 Å². The molecule has 0 spiro atoms. The standard InChI is InChI=1S/C17H15ClO5/c1-21-13-6-7-14(16(9-13)22-2)17(20)23-10-15(19)11-4-3-5-12(18)8-11/h3-9H,10H2,1-2H3. The fourth-order valence-corrected chi connectivity index (χ4v) is 2.11. The van der Waals surface area contributed by atoms with Crippen LogP contribution < -0.4 is 9.47 Å². The number of benzene rings is 2. The van der Waals surface area contributed by atoms with Crippen LogP contribution in [0.4, 0.5) is 0 Å². The number of methoxy groups -OCH3 is 2. The summed E-state index contributed by atoms with van der Waals surface area (Å²) < 4.78 is 15.2. The van der Waals surface area contributed by atoms with E-state index in [1.165, 1.54) is 26.4 Å². The molecule has 0 saturated carbocycles. The number of hydrogen-bond acceptors (Lipinski definition) is 5. The minimum Gasteiger partial charge on any atom is -0.497 e. The first-order valence-electron chi connectivity index (χ1n) is 6.73. The molecular formula is C17H15ClO5. The Kier molecular flexibility index (Phi) is 5.60. The van der Waals surface area contributed by atoms with Crippen LogP contribution in [0.3, 0.4) is 0 Å². The summed E-state index contributed by atoms with van der Waals surface area (Å²) in [5.74, 6) is -0.133. The smallest absolute Gasteiger partial charge is 0.342 e. The highest BCUT2D eigenvalue weighted by Gasteiger charge is 2.17. The SMILES string of the molecule is COc1ccc(C(=O)OCC(=O)c2cccc(Cl)c2)c(OC)c1. The quantitative estimate of drug-likeness (QED) is 0.598. The van der Waals surface area contributed by atoms with E-state index in [1.807, 2.05) is 0 Å². The molecule has 6 heteroatoms. The Hall–Kier alpha value is -2.53. The molecule has 5 nitrogen and oxygen atoms in total. The third-order valence-electron chi connectivity index (χ3n) is 3.11. The van der Waals surface area contributed by atoms with Crippen LogP contribution in [-0.4, -0.2) is 32.6 Å². The van der Waals surface area contributed by atoms with Crippen LogP contribution in [0.25, 0.3) is 0 Å². The van der Waals surface area contributed by atoms with Gasteiger partial charge in [0.05, 0.1) is 14.2 Å². The van der Waals surface area contributed by atoms with Gasteiger partial charge in [-0.1, -0.05) is 23.7 Å². The van der Waals surface area contributed by atoms with Crippen LogP contribution in [0.1, 0.15) is 20.7 Å². The number of carbonyl (C=O) groups is 2. The topological polar surface area (TPSA) is 61.8 Å². The first-order chi connectivity index (χ1) is 11.0. The average Bonchev–Trinajstić information content (AvgIpc) is 2.58. The molecule has 0 saturated heterocycles. The van der Waals surface area contributed by atoms with E-state index in [-0.39, 0.29) is 18.0 Å². The summed E-state index contributed by atoms with van der Waals surface area (Å²) in [6, 6.07) is 11.1. The Labute approximate surface area is 138 Å². The molecule has 120 valence electrons. The number of Topliss-reactive ketones (excluding diaryl/α,β-unsaturated/α-hetero) is 1. The number of halogens is 1. The fourth-order valence-electron chi connectivity index (χ4n) is 1.92. The Morgan fingerprint density at radius 2 is 1.83 bits per heavy atom. The van der Waals surface area contributed by atoms with E-state index in [2.05, 4.69) is 0 Å². The van der Waals surface area contributed by atoms with E-state index in [0.717, 1.165) is 0 Å². The van der Waals surface area contributed by atoms with Crippen molar-refractivity contribution in [1.29, 1.82) is 0 Å². The van der Waals surface area contributed by atoms with Gasteiger partial charge in [0.2, 0.25) is 0 Å². The lowest BCUT2D eigenvalue weighted by atomic mass is 10.1. The number of rotatable bonds is 6. The Balaban J connectivity index is 2.06. The minimum absolute atomic E-state index is 0.215. The second kappa shape index (κ2) is 7.65. The number of ether oxygens (including phenoxy) is 3. The van der Waals surface area contributed by atoms with Gasteiger partial charge >= 0.3 is 5.97 Å². The molecule has 0 fully saturated rings. The van der Waals surface area contributed by atoms with Crippen LogP contribution in [0.15, 0.2) is 42.5 Å². The van der Waals surface area contributed by atoms with Gasteiger partial charge in [0.15, 0.2) is 12.4 Å². The largest absolute Gasteiger partial charge is 0.497 e. The highest BCUT2D eigenvalue weighted by Crippen LogP contribution is 2.25. The second-order valence-electron chi connectivity index (χ2n) is 4.58. The third-order valence-corrected chi connectivity index (χ3v) is 3.34. The molecule has 0 N–H and O–H groups in total. The van der Waals surface area contributed by atoms with Crippen LogP contribution in [0.2, 0.25) is 5.02 Å². The van der Waals surface area contributed by atoms with Gasteiger partial charge in [-0.3, -0.25) is 4.79 Å². The van der Waals surface area contributed by atoms with Gasteiger partial charge in [-0.25, -0.2) is 4.79 Å². The molecule has 0 aliphatic rings. The van der Waals surface area contributed by atoms with Crippen molar-refractivity contribution in [3.05, 3.63) is 58.6 Å². The van der Waals surface area contributed by atoms with Crippen molar-refractivity contribution in [2.75, 3.05) is 20.8 Å². The number of ketones is 1. The third kappa shape index (κ3) is 4.23. The Morgan fingerprint density at radius 1 is 1.04 bits per heavy atom. The summed E-state index contributed by atoms with van der Waals surface area (Å²) in [7, 11) is 2.94. The molecule has 0 aliphatic carbocycles. The molecule has 0 amide bonds. The van der Waals surface area contributed by atoms with Gasteiger partial charge in [-0.2, -0.15) is 0 Å². The van der Waals surface area contributed by atoms with Gasteiger partial charge in [-0.05, 0) is 24.3 Å². The van der Waals surface area contributed by atoms with Crippen LogP contribution in [0, 0.1) is 0 Å². The zero-order valence-corrected chi connectivity index (χ0v) is 13.4. The number of hydrogen-bond donors (Lipinski definition) is 0. The molecule has 0 aromatic heterocycles. The van der Waals surface area contributed by atoms with Crippen molar-refractivity contribution in [1.82, 2.24) is 0 Å². The first-order valence-corrected chi connectivity index (χ1v) is 7.11. The van der Waals surface area contributed by atoms with Crippen molar-refractivity contribution in [2.45, 2.75) is 0 Å². The molecule has 2 aromatic carbocycles. The fraction of sp³-hybridized carbons (Fsp3) is 0.176. The highest BCUT2D eigenvalue weighted by atomic mass is 35.5. The minimum atomic E-state index is -0.653. The van der Waals surface area contributed by atoms with E-state index in [9.17, 15) is 9.59 Å². The van der Waals surface area contributed by atoms with Crippen LogP contribution in [-0.2, 0) is 4.74 Å². The van der Waals surface area contributed by atoms with Crippen molar-refractivity contribution in [3.8, 4) is 11.5 Å². The summed E-state index contributed by atoms with van der Waals surface area (Å²) in [5.41, 5.74) is 0.596. The number of esters is 1. The molecule has 0 aliphatic heterocycles.